The molecule has 11 heteroatoms. The Morgan fingerprint density at radius 1 is 1.25 bits per heavy atom. The maximum absolute atomic E-state index is 12.4. The molecule has 1 aromatic carbocycles. The highest BCUT2D eigenvalue weighted by Crippen LogP contribution is 2.33. The number of aromatic nitrogens is 3. The second-order valence-corrected chi connectivity index (χ2v) is 11.6. The number of rotatable bonds is 8. The first kappa shape index (κ1) is 27.6. The molecule has 0 spiro atoms. The Bertz CT molecular complexity index is 1550. The Labute approximate surface area is 236 Å². The summed E-state index contributed by atoms with van der Waals surface area (Å²) >= 11 is 1.62. The number of nitrogens with zero attached hydrogens (tertiary/aromatic N) is 2. The second kappa shape index (κ2) is 11.6. The molecule has 0 saturated carbocycles. The molecule has 5 rings (SSSR count). The van der Waals surface area contributed by atoms with Crippen molar-refractivity contribution in [3.05, 3.63) is 68.8 Å². The number of hydrogen-bond donors (Lipinski definition) is 3. The number of hydrogen-bond acceptors (Lipinski definition) is 9. The van der Waals surface area contributed by atoms with Gasteiger partial charge in [0.2, 0.25) is 5.88 Å². The zero-order chi connectivity index (χ0) is 28.3. The first-order chi connectivity index (χ1) is 19.2. The molecule has 1 saturated heterocycles. The molecule has 4 heterocycles. The average molecular weight is 564 g/mol. The Kier molecular flexibility index (Phi) is 8.04. The maximum Gasteiger partial charge on any atom is 0.407 e. The van der Waals surface area contributed by atoms with Gasteiger partial charge >= 0.3 is 6.09 Å². The molecule has 0 bridgehead atoms. The van der Waals surface area contributed by atoms with Crippen LogP contribution in [0.15, 0.2) is 52.8 Å². The molecule has 210 valence electrons. The van der Waals surface area contributed by atoms with E-state index in [1.165, 1.54) is 6.20 Å². The van der Waals surface area contributed by atoms with Gasteiger partial charge in [-0.15, -0.1) is 11.3 Å². The first-order valence-corrected chi connectivity index (χ1v) is 14.1. The number of H-pyrrole nitrogens is 1. The topological polar surface area (TPSA) is 127 Å². The van der Waals surface area contributed by atoms with Crippen LogP contribution in [0.5, 0.6) is 5.88 Å². The van der Waals surface area contributed by atoms with Crippen LogP contribution in [0.1, 0.15) is 50.6 Å². The zero-order valence-electron chi connectivity index (χ0n) is 22.9. The summed E-state index contributed by atoms with van der Waals surface area (Å²) in [7, 11) is 0. The number of aromatic amines is 1. The summed E-state index contributed by atoms with van der Waals surface area (Å²) in [5.41, 5.74) is 2.19. The van der Waals surface area contributed by atoms with Gasteiger partial charge in [0, 0.05) is 35.5 Å². The van der Waals surface area contributed by atoms with E-state index >= 15 is 0 Å². The van der Waals surface area contributed by atoms with Gasteiger partial charge in [0.25, 0.3) is 5.56 Å². The molecule has 40 heavy (non-hydrogen) atoms. The molecule has 1 amide bonds. The van der Waals surface area contributed by atoms with Crippen LogP contribution in [0.2, 0.25) is 0 Å². The lowest BCUT2D eigenvalue weighted by atomic mass is 10.0. The van der Waals surface area contributed by atoms with Crippen molar-refractivity contribution >= 4 is 34.0 Å². The number of amides is 1. The molecule has 10 nitrogen and oxygen atoms in total. The Morgan fingerprint density at radius 3 is 2.85 bits per heavy atom. The minimum absolute atomic E-state index is 0.0537. The van der Waals surface area contributed by atoms with Crippen molar-refractivity contribution in [3.63, 3.8) is 0 Å². The van der Waals surface area contributed by atoms with Crippen LogP contribution in [-0.4, -0.2) is 46.2 Å². The third-order valence-electron chi connectivity index (χ3n) is 6.37. The number of fused-ring (bicyclic) bond motifs is 1. The van der Waals surface area contributed by atoms with Crippen molar-refractivity contribution in [2.45, 2.75) is 58.4 Å². The van der Waals surface area contributed by atoms with Gasteiger partial charge in [0.1, 0.15) is 11.7 Å². The molecule has 4 aromatic rings. The number of carbonyl (C=O) groups excluding carboxylic acids is 1. The lowest BCUT2D eigenvalue weighted by Crippen LogP contribution is -2.32. The predicted molar refractivity (Wildman–Crippen MR) is 155 cm³/mol. The number of ether oxygens (including phenoxy) is 3. The first-order valence-electron chi connectivity index (χ1n) is 13.2. The van der Waals surface area contributed by atoms with E-state index in [0.29, 0.717) is 42.2 Å². The van der Waals surface area contributed by atoms with Gasteiger partial charge in [-0.25, -0.2) is 14.9 Å². The summed E-state index contributed by atoms with van der Waals surface area (Å²) in [4.78, 5) is 30.0. The van der Waals surface area contributed by atoms with E-state index in [1.807, 2.05) is 52.0 Å². The smallest absolute Gasteiger partial charge is 0.407 e. The maximum atomic E-state index is 12.4. The molecule has 1 unspecified atom stereocenters. The van der Waals surface area contributed by atoms with E-state index in [4.69, 9.17) is 14.2 Å². The van der Waals surface area contributed by atoms with Crippen molar-refractivity contribution in [2.75, 3.05) is 18.5 Å². The zero-order valence-corrected chi connectivity index (χ0v) is 23.8. The summed E-state index contributed by atoms with van der Waals surface area (Å²) < 4.78 is 16.7. The van der Waals surface area contributed by atoms with E-state index in [9.17, 15) is 9.59 Å². The van der Waals surface area contributed by atoms with Crippen molar-refractivity contribution < 1.29 is 19.0 Å². The highest BCUT2D eigenvalue weighted by atomic mass is 32.1. The highest BCUT2D eigenvalue weighted by molar-refractivity contribution is 7.10. The van der Waals surface area contributed by atoms with Gasteiger partial charge in [-0.1, -0.05) is 24.3 Å². The molecule has 3 N–H and O–H groups in total. The molecular weight excluding hydrogens is 530 g/mol. The summed E-state index contributed by atoms with van der Waals surface area (Å²) in [6, 6.07) is 11.7. The number of benzene rings is 1. The van der Waals surface area contributed by atoms with Crippen LogP contribution in [-0.2, 0) is 16.0 Å². The Morgan fingerprint density at radius 2 is 2.08 bits per heavy atom. The van der Waals surface area contributed by atoms with Crippen LogP contribution in [0, 0.1) is 0 Å². The Balaban J connectivity index is 1.33. The van der Waals surface area contributed by atoms with Crippen LogP contribution < -0.4 is 20.9 Å². The van der Waals surface area contributed by atoms with Crippen molar-refractivity contribution in [2.24, 2.45) is 0 Å². The number of anilines is 1. The Hall–Kier alpha value is -3.96. The van der Waals surface area contributed by atoms with Crippen molar-refractivity contribution in [3.8, 4) is 17.0 Å². The molecule has 1 fully saturated rings. The molecule has 1 aliphatic rings. The highest BCUT2D eigenvalue weighted by Gasteiger charge is 2.20. The van der Waals surface area contributed by atoms with Crippen LogP contribution in [0.3, 0.4) is 0 Å². The lowest BCUT2D eigenvalue weighted by Gasteiger charge is -2.20. The van der Waals surface area contributed by atoms with Gasteiger partial charge in [-0.05, 0) is 55.8 Å². The standard InChI is InChI=1S/C29H33N5O5S/c1-17(32-26-22-12-25(38-20-9-10-37-15-20)30-14-23(22)27(35)34-33-26)24-11-19(16-40-24)21-8-6-5-7-18(21)13-31-28(36)39-29(2,3)4/h5-8,11-12,14,16-17,20H,9-10,13,15H2,1-4H3,(H,31,36)(H,32,33)(H,34,35)/t17?,20-/m0/s1. The fourth-order valence-electron chi connectivity index (χ4n) is 4.43. The molecule has 3 aromatic heterocycles. The van der Waals surface area contributed by atoms with E-state index in [2.05, 4.69) is 37.3 Å². The van der Waals surface area contributed by atoms with Crippen LogP contribution >= 0.6 is 11.3 Å². The normalized spacial score (nSPS) is 16.1. The summed E-state index contributed by atoms with van der Waals surface area (Å²) in [5.74, 6) is 0.968. The molecule has 2 atom stereocenters. The quantitative estimate of drug-likeness (QED) is 0.260. The van der Waals surface area contributed by atoms with Crippen molar-refractivity contribution in [1.82, 2.24) is 20.5 Å². The van der Waals surface area contributed by atoms with Gasteiger partial charge < -0.3 is 24.8 Å². The summed E-state index contributed by atoms with van der Waals surface area (Å²) in [6.45, 7) is 9.09. The number of alkyl carbamates (subject to hydrolysis) is 1. The fraction of sp³-hybridized carbons (Fsp3) is 0.379. The fourth-order valence-corrected chi connectivity index (χ4v) is 5.34. The minimum atomic E-state index is -0.559. The molecule has 1 aliphatic heterocycles. The lowest BCUT2D eigenvalue weighted by molar-refractivity contribution is 0.0523. The van der Waals surface area contributed by atoms with Gasteiger partial charge in [-0.2, -0.15) is 5.10 Å². The van der Waals surface area contributed by atoms with Gasteiger partial charge in [0.05, 0.1) is 24.6 Å². The predicted octanol–water partition coefficient (Wildman–Crippen LogP) is 5.41. The summed E-state index contributed by atoms with van der Waals surface area (Å²) in [5, 5.41) is 16.3. The van der Waals surface area contributed by atoms with E-state index < -0.39 is 11.7 Å². The van der Waals surface area contributed by atoms with Crippen LogP contribution in [0.25, 0.3) is 21.9 Å². The summed E-state index contributed by atoms with van der Waals surface area (Å²) in [6.07, 6.45) is 1.81. The number of pyridine rings is 1. The third kappa shape index (κ3) is 6.60. The molecule has 0 aliphatic carbocycles. The van der Waals surface area contributed by atoms with Crippen molar-refractivity contribution in [1.29, 1.82) is 0 Å². The minimum Gasteiger partial charge on any atom is -0.472 e. The van der Waals surface area contributed by atoms with E-state index in [1.54, 1.807) is 17.4 Å². The van der Waals surface area contributed by atoms with E-state index in [-0.39, 0.29) is 17.7 Å². The SMILES string of the molecule is CC(Nc1n[nH]c(=O)c2cnc(O[C@H]3CCOC3)cc12)c1cc(-c2ccccc2CNC(=O)OC(C)(C)C)cs1. The number of thiophene rings is 1. The average Bonchev–Trinajstić information content (AvgIpc) is 3.61. The van der Waals surface area contributed by atoms with Crippen LogP contribution in [0.4, 0.5) is 10.6 Å². The number of carbonyl (C=O) groups is 1. The van der Waals surface area contributed by atoms with E-state index in [0.717, 1.165) is 28.0 Å². The second-order valence-electron chi connectivity index (χ2n) is 10.7. The van der Waals surface area contributed by atoms with Gasteiger partial charge in [0.15, 0.2) is 5.82 Å². The monoisotopic (exact) mass is 563 g/mol. The molecule has 0 radical (unpaired) electrons. The largest absolute Gasteiger partial charge is 0.472 e. The van der Waals surface area contributed by atoms with Gasteiger partial charge in [-0.3, -0.25) is 4.79 Å². The third-order valence-corrected chi connectivity index (χ3v) is 7.49. The number of nitrogens with one attached hydrogen (secondary N) is 3. The molecular formula is C29H33N5O5S.